The molecule has 2 saturated heterocycles. The molecule has 1 aromatic carbocycles. The Hall–Kier alpha value is -2.91. The number of aromatic nitrogens is 2. The fourth-order valence-corrected chi connectivity index (χ4v) is 4.93. The highest BCUT2D eigenvalue weighted by Gasteiger charge is 2.27. The number of amides is 1. The van der Waals surface area contributed by atoms with E-state index in [2.05, 4.69) is 43.1 Å². The molecular weight excluding hydrogens is 430 g/mol. The van der Waals surface area contributed by atoms with Gasteiger partial charge in [0.2, 0.25) is 0 Å². The van der Waals surface area contributed by atoms with E-state index in [1.165, 1.54) is 25.9 Å². The molecule has 34 heavy (non-hydrogen) atoms. The summed E-state index contributed by atoms with van der Waals surface area (Å²) in [7, 11) is 3.85. The zero-order valence-corrected chi connectivity index (χ0v) is 20.8. The molecule has 0 bridgehead atoms. The maximum absolute atomic E-state index is 12.0. The van der Waals surface area contributed by atoms with Gasteiger partial charge in [-0.3, -0.25) is 9.69 Å². The lowest BCUT2D eigenvalue weighted by Gasteiger charge is -2.42. The highest BCUT2D eigenvalue weighted by Crippen LogP contribution is 2.34. The van der Waals surface area contributed by atoms with E-state index in [4.69, 9.17) is 10.5 Å². The van der Waals surface area contributed by atoms with Crippen molar-refractivity contribution in [3.05, 3.63) is 35.3 Å². The molecular formula is C25H37N7O2. The molecule has 9 heteroatoms. The van der Waals surface area contributed by atoms with Crippen LogP contribution in [0, 0.1) is 6.92 Å². The molecule has 0 saturated carbocycles. The number of carbonyl (C=O) groups is 1. The number of primary amides is 1. The average molecular weight is 468 g/mol. The van der Waals surface area contributed by atoms with Crippen LogP contribution in [0.1, 0.15) is 41.6 Å². The van der Waals surface area contributed by atoms with Crippen LogP contribution < -0.4 is 20.7 Å². The Bertz CT molecular complexity index is 1010. The van der Waals surface area contributed by atoms with Crippen molar-refractivity contribution in [1.82, 2.24) is 19.8 Å². The van der Waals surface area contributed by atoms with Gasteiger partial charge in [0.25, 0.3) is 5.91 Å². The van der Waals surface area contributed by atoms with Crippen molar-refractivity contribution in [3.63, 3.8) is 0 Å². The molecule has 2 aromatic rings. The molecule has 3 N–H and O–H groups in total. The van der Waals surface area contributed by atoms with Crippen LogP contribution in [0.15, 0.2) is 18.2 Å². The SMILES string of the molecule is CCc1nc(C(N)=O)c(Nc2ccc(N3CCC(N4CCN(C)CC4)CC3)cc2OC)nc1C. The molecule has 184 valence electrons. The summed E-state index contributed by atoms with van der Waals surface area (Å²) in [6.07, 6.45) is 3.03. The van der Waals surface area contributed by atoms with Crippen molar-refractivity contribution in [3.8, 4) is 5.75 Å². The first-order chi connectivity index (χ1) is 16.4. The standard InChI is InChI=1S/C25H37N7O2/c1-5-20-17(2)27-25(23(28-20)24(26)33)29-21-7-6-19(16-22(21)34-4)31-10-8-18(9-11-31)32-14-12-30(3)13-15-32/h6-7,16,18H,5,8-15H2,1-4H3,(H2,26,33)(H,27,29). The van der Waals surface area contributed by atoms with Gasteiger partial charge in [-0.1, -0.05) is 6.92 Å². The minimum atomic E-state index is -0.608. The second-order valence-electron chi connectivity index (χ2n) is 9.24. The van der Waals surface area contributed by atoms with Crippen molar-refractivity contribution in [2.24, 2.45) is 5.73 Å². The number of anilines is 3. The van der Waals surface area contributed by atoms with Gasteiger partial charge < -0.3 is 25.6 Å². The predicted octanol–water partition coefficient (Wildman–Crippen LogP) is 2.41. The first kappa shape index (κ1) is 24.2. The van der Waals surface area contributed by atoms with Crippen LogP contribution in [0.5, 0.6) is 5.75 Å². The molecule has 0 aliphatic carbocycles. The number of hydrogen-bond donors (Lipinski definition) is 2. The third-order valence-corrected chi connectivity index (χ3v) is 7.06. The molecule has 2 aliphatic rings. The van der Waals surface area contributed by atoms with E-state index in [9.17, 15) is 4.79 Å². The minimum Gasteiger partial charge on any atom is -0.494 e. The number of benzene rings is 1. The minimum absolute atomic E-state index is 0.138. The van der Waals surface area contributed by atoms with Gasteiger partial charge in [0.1, 0.15) is 5.75 Å². The number of hydrogen-bond acceptors (Lipinski definition) is 8. The number of nitrogens with one attached hydrogen (secondary N) is 1. The molecule has 4 rings (SSSR count). The lowest BCUT2D eigenvalue weighted by molar-refractivity contribution is 0.0982. The molecule has 2 fully saturated rings. The van der Waals surface area contributed by atoms with E-state index in [0.717, 1.165) is 48.9 Å². The largest absolute Gasteiger partial charge is 0.494 e. The number of piperazine rings is 1. The summed E-state index contributed by atoms with van der Waals surface area (Å²) in [5, 5.41) is 3.22. The highest BCUT2D eigenvalue weighted by molar-refractivity contribution is 5.96. The van der Waals surface area contributed by atoms with Crippen LogP contribution in [-0.2, 0) is 6.42 Å². The zero-order chi connectivity index (χ0) is 24.2. The van der Waals surface area contributed by atoms with Gasteiger partial charge in [0, 0.05) is 57.1 Å². The zero-order valence-electron chi connectivity index (χ0n) is 20.8. The van der Waals surface area contributed by atoms with Gasteiger partial charge in [0.05, 0.1) is 24.2 Å². The number of nitrogens with two attached hydrogens (primary N) is 1. The Kier molecular flexibility index (Phi) is 7.53. The fourth-order valence-electron chi connectivity index (χ4n) is 4.93. The van der Waals surface area contributed by atoms with E-state index >= 15 is 0 Å². The van der Waals surface area contributed by atoms with E-state index in [1.54, 1.807) is 7.11 Å². The molecule has 2 aliphatic heterocycles. The first-order valence-corrected chi connectivity index (χ1v) is 12.2. The molecule has 3 heterocycles. The molecule has 0 unspecified atom stereocenters. The van der Waals surface area contributed by atoms with Gasteiger partial charge in [-0.15, -0.1) is 0 Å². The van der Waals surface area contributed by atoms with Crippen molar-refractivity contribution in [2.45, 2.75) is 39.2 Å². The molecule has 0 spiro atoms. The van der Waals surface area contributed by atoms with Crippen molar-refractivity contribution >= 4 is 23.1 Å². The summed E-state index contributed by atoms with van der Waals surface area (Å²) >= 11 is 0. The van der Waals surface area contributed by atoms with Gasteiger partial charge >= 0.3 is 0 Å². The maximum Gasteiger partial charge on any atom is 0.271 e. The van der Waals surface area contributed by atoms with Crippen LogP contribution in [0.4, 0.5) is 17.2 Å². The van der Waals surface area contributed by atoms with E-state index < -0.39 is 5.91 Å². The summed E-state index contributed by atoms with van der Waals surface area (Å²) in [5.41, 5.74) is 9.11. The normalized spacial score (nSPS) is 18.2. The van der Waals surface area contributed by atoms with Crippen molar-refractivity contribution in [1.29, 1.82) is 0 Å². The van der Waals surface area contributed by atoms with E-state index in [1.807, 2.05) is 26.0 Å². The number of aryl methyl sites for hydroxylation is 2. The smallest absolute Gasteiger partial charge is 0.271 e. The van der Waals surface area contributed by atoms with Crippen LogP contribution >= 0.6 is 0 Å². The number of rotatable bonds is 7. The summed E-state index contributed by atoms with van der Waals surface area (Å²) in [6, 6.07) is 6.78. The molecule has 1 amide bonds. The Morgan fingerprint density at radius 2 is 1.85 bits per heavy atom. The fraction of sp³-hybridized carbons (Fsp3) is 0.560. The van der Waals surface area contributed by atoms with Crippen LogP contribution in [0.3, 0.4) is 0 Å². The average Bonchev–Trinajstić information content (AvgIpc) is 2.85. The number of piperidine rings is 1. The van der Waals surface area contributed by atoms with Gasteiger partial charge in [-0.2, -0.15) is 0 Å². The van der Waals surface area contributed by atoms with Crippen molar-refractivity contribution < 1.29 is 9.53 Å². The Morgan fingerprint density at radius 3 is 2.47 bits per heavy atom. The van der Waals surface area contributed by atoms with Crippen LogP contribution in [0.25, 0.3) is 0 Å². The van der Waals surface area contributed by atoms with E-state index in [-0.39, 0.29) is 5.69 Å². The lowest BCUT2D eigenvalue weighted by Crippen LogP contribution is -2.52. The van der Waals surface area contributed by atoms with Gasteiger partial charge in [0.15, 0.2) is 11.5 Å². The molecule has 0 atom stereocenters. The predicted molar refractivity (Wildman–Crippen MR) is 135 cm³/mol. The highest BCUT2D eigenvalue weighted by atomic mass is 16.5. The second-order valence-corrected chi connectivity index (χ2v) is 9.24. The quantitative estimate of drug-likeness (QED) is 0.641. The van der Waals surface area contributed by atoms with Gasteiger partial charge in [-0.05, 0) is 45.4 Å². The third-order valence-electron chi connectivity index (χ3n) is 7.06. The number of nitrogens with zero attached hydrogens (tertiary/aromatic N) is 5. The summed E-state index contributed by atoms with van der Waals surface area (Å²) in [6.45, 7) is 10.6. The Balaban J connectivity index is 1.47. The van der Waals surface area contributed by atoms with Crippen LogP contribution in [0.2, 0.25) is 0 Å². The number of methoxy groups -OCH3 is 1. The monoisotopic (exact) mass is 467 g/mol. The van der Waals surface area contributed by atoms with Crippen molar-refractivity contribution in [2.75, 3.05) is 63.6 Å². The maximum atomic E-state index is 12.0. The first-order valence-electron chi connectivity index (χ1n) is 12.2. The number of carbonyl (C=O) groups excluding carboxylic acids is 1. The Morgan fingerprint density at radius 1 is 1.15 bits per heavy atom. The lowest BCUT2D eigenvalue weighted by atomic mass is 10.0. The van der Waals surface area contributed by atoms with Gasteiger partial charge in [-0.25, -0.2) is 9.97 Å². The van der Waals surface area contributed by atoms with E-state index in [0.29, 0.717) is 24.0 Å². The molecule has 9 nitrogen and oxygen atoms in total. The molecule has 0 radical (unpaired) electrons. The van der Waals surface area contributed by atoms with Crippen LogP contribution in [-0.4, -0.2) is 85.1 Å². The number of ether oxygens (including phenoxy) is 1. The Labute approximate surface area is 202 Å². The third kappa shape index (κ3) is 5.26. The summed E-state index contributed by atoms with van der Waals surface area (Å²) in [5.74, 6) is 0.429. The number of likely N-dealkylation sites (N-methyl/N-ethyl adjacent to an activating group) is 1. The second kappa shape index (κ2) is 10.6. The summed E-state index contributed by atoms with van der Waals surface area (Å²) < 4.78 is 5.68. The summed E-state index contributed by atoms with van der Waals surface area (Å²) in [4.78, 5) is 28.5. The molecule has 1 aromatic heterocycles. The topological polar surface area (TPSA) is 99.8 Å².